The summed E-state index contributed by atoms with van der Waals surface area (Å²) in [6.07, 6.45) is 1.54. The molecule has 0 aromatic carbocycles. The van der Waals surface area contributed by atoms with Crippen LogP contribution >= 0.6 is 11.8 Å². The van der Waals surface area contributed by atoms with Crippen LogP contribution < -0.4 is 5.73 Å². The summed E-state index contributed by atoms with van der Waals surface area (Å²) in [6, 6.07) is 3.50. The van der Waals surface area contributed by atoms with Crippen molar-refractivity contribution in [3.8, 4) is 11.7 Å². The van der Waals surface area contributed by atoms with E-state index in [1.54, 1.807) is 18.4 Å². The fraction of sp³-hybridized carbons (Fsp3) is 0.200. The standard InChI is InChI=1S/C10H9N5O3S/c11-4-7-12-15-10(18-7)19-5-8-13-14-9(17-8)6-2-1-3-16-6/h1-3H,4-5,11H2. The van der Waals surface area contributed by atoms with Crippen molar-refractivity contribution in [3.63, 3.8) is 0 Å². The van der Waals surface area contributed by atoms with Crippen molar-refractivity contribution >= 4 is 11.8 Å². The zero-order valence-corrected chi connectivity index (χ0v) is 10.5. The first kappa shape index (κ1) is 11.9. The fourth-order valence-corrected chi connectivity index (χ4v) is 1.93. The van der Waals surface area contributed by atoms with E-state index in [2.05, 4.69) is 20.4 Å². The van der Waals surface area contributed by atoms with Gasteiger partial charge in [0.25, 0.3) is 11.1 Å². The second-order valence-electron chi connectivity index (χ2n) is 3.43. The molecule has 2 N–H and O–H groups in total. The molecule has 3 aromatic rings. The molecule has 8 nitrogen and oxygen atoms in total. The zero-order valence-electron chi connectivity index (χ0n) is 9.65. The van der Waals surface area contributed by atoms with Gasteiger partial charge in [-0.3, -0.25) is 0 Å². The van der Waals surface area contributed by atoms with Crippen LogP contribution in [0.1, 0.15) is 11.8 Å². The van der Waals surface area contributed by atoms with Gasteiger partial charge in [-0.1, -0.05) is 11.8 Å². The lowest BCUT2D eigenvalue weighted by Gasteiger charge is -1.90. The highest BCUT2D eigenvalue weighted by Crippen LogP contribution is 2.23. The van der Waals surface area contributed by atoms with Crippen molar-refractivity contribution in [3.05, 3.63) is 30.2 Å². The predicted molar refractivity (Wildman–Crippen MR) is 63.8 cm³/mol. The first-order chi connectivity index (χ1) is 9.35. The van der Waals surface area contributed by atoms with Gasteiger partial charge in [0.2, 0.25) is 11.8 Å². The molecule has 19 heavy (non-hydrogen) atoms. The lowest BCUT2D eigenvalue weighted by Crippen LogP contribution is -1.95. The van der Waals surface area contributed by atoms with Crippen molar-refractivity contribution in [1.82, 2.24) is 20.4 Å². The van der Waals surface area contributed by atoms with Gasteiger partial charge in [0.05, 0.1) is 18.6 Å². The average Bonchev–Trinajstić information content (AvgIpc) is 3.16. The largest absolute Gasteiger partial charge is 0.459 e. The minimum absolute atomic E-state index is 0.219. The van der Waals surface area contributed by atoms with Crippen LogP contribution in [-0.2, 0) is 12.3 Å². The van der Waals surface area contributed by atoms with E-state index in [9.17, 15) is 0 Å². The Hall–Kier alpha value is -2.13. The molecule has 0 unspecified atom stereocenters. The summed E-state index contributed by atoms with van der Waals surface area (Å²) in [7, 11) is 0. The monoisotopic (exact) mass is 279 g/mol. The summed E-state index contributed by atoms with van der Waals surface area (Å²) >= 11 is 1.30. The van der Waals surface area contributed by atoms with Gasteiger partial charge in [0, 0.05) is 0 Å². The first-order valence-corrected chi connectivity index (χ1v) is 6.35. The normalized spacial score (nSPS) is 11.0. The van der Waals surface area contributed by atoms with Crippen molar-refractivity contribution < 1.29 is 13.3 Å². The molecular weight excluding hydrogens is 270 g/mol. The lowest BCUT2D eigenvalue weighted by atomic mass is 10.5. The molecule has 0 saturated heterocycles. The molecule has 0 radical (unpaired) electrons. The molecule has 0 aliphatic heterocycles. The molecule has 0 amide bonds. The summed E-state index contributed by atoms with van der Waals surface area (Å²) in [5.74, 6) is 2.15. The van der Waals surface area contributed by atoms with Gasteiger partial charge in [0.15, 0.2) is 5.76 Å². The maximum absolute atomic E-state index is 5.43. The Bertz CT molecular complexity index is 648. The van der Waals surface area contributed by atoms with Crippen LogP contribution in [0.5, 0.6) is 0 Å². The van der Waals surface area contributed by atoms with Crippen LogP contribution in [0.15, 0.2) is 36.9 Å². The van der Waals surface area contributed by atoms with Gasteiger partial charge >= 0.3 is 0 Å². The molecule has 0 fully saturated rings. The van der Waals surface area contributed by atoms with Crippen LogP contribution in [0.2, 0.25) is 0 Å². The first-order valence-electron chi connectivity index (χ1n) is 5.36. The summed E-state index contributed by atoms with van der Waals surface area (Å²) in [6.45, 7) is 0.219. The van der Waals surface area contributed by atoms with Gasteiger partial charge < -0.3 is 19.0 Å². The molecule has 0 spiro atoms. The van der Waals surface area contributed by atoms with E-state index in [-0.39, 0.29) is 6.54 Å². The third kappa shape index (κ3) is 2.66. The molecule has 0 atom stereocenters. The van der Waals surface area contributed by atoms with Crippen LogP contribution in [-0.4, -0.2) is 20.4 Å². The smallest absolute Gasteiger partial charge is 0.283 e. The average molecular weight is 279 g/mol. The minimum atomic E-state index is 0.219. The highest BCUT2D eigenvalue weighted by atomic mass is 32.2. The topological polar surface area (TPSA) is 117 Å². The Morgan fingerprint density at radius 3 is 2.74 bits per heavy atom. The fourth-order valence-electron chi connectivity index (χ4n) is 1.31. The molecule has 0 aliphatic carbocycles. The molecule has 0 saturated carbocycles. The summed E-state index contributed by atoms with van der Waals surface area (Å²) in [5.41, 5.74) is 5.37. The van der Waals surface area contributed by atoms with E-state index >= 15 is 0 Å². The van der Waals surface area contributed by atoms with Crippen molar-refractivity contribution in [2.75, 3.05) is 0 Å². The summed E-state index contributed by atoms with van der Waals surface area (Å²) < 4.78 is 15.8. The highest BCUT2D eigenvalue weighted by Gasteiger charge is 2.12. The number of nitrogens with two attached hydrogens (primary N) is 1. The maximum atomic E-state index is 5.43. The van der Waals surface area contributed by atoms with E-state index in [1.165, 1.54) is 11.8 Å². The molecular formula is C10H9N5O3S. The second kappa shape index (κ2) is 5.24. The van der Waals surface area contributed by atoms with Gasteiger partial charge in [-0.05, 0) is 12.1 Å². The zero-order chi connectivity index (χ0) is 13.1. The molecule has 3 rings (SSSR count). The van der Waals surface area contributed by atoms with Crippen molar-refractivity contribution in [1.29, 1.82) is 0 Å². The summed E-state index contributed by atoms with van der Waals surface area (Å²) in [4.78, 5) is 0. The number of aromatic nitrogens is 4. The third-order valence-electron chi connectivity index (χ3n) is 2.14. The summed E-state index contributed by atoms with van der Waals surface area (Å²) in [5, 5.41) is 15.8. The Morgan fingerprint density at radius 2 is 2.00 bits per heavy atom. The van der Waals surface area contributed by atoms with E-state index in [0.717, 1.165) is 0 Å². The van der Waals surface area contributed by atoms with Gasteiger partial charge in [-0.25, -0.2) is 0 Å². The van der Waals surface area contributed by atoms with Crippen LogP contribution in [0, 0.1) is 0 Å². The quantitative estimate of drug-likeness (QED) is 0.692. The number of thioether (sulfide) groups is 1. The number of nitrogens with zero attached hydrogens (tertiary/aromatic N) is 4. The van der Waals surface area contributed by atoms with Gasteiger partial charge in [-0.15, -0.1) is 20.4 Å². The Kier molecular flexibility index (Phi) is 3.29. The number of hydrogen-bond acceptors (Lipinski definition) is 9. The maximum Gasteiger partial charge on any atom is 0.283 e. The molecule has 3 aromatic heterocycles. The van der Waals surface area contributed by atoms with Crippen LogP contribution in [0.3, 0.4) is 0 Å². The Morgan fingerprint density at radius 1 is 1.11 bits per heavy atom. The van der Waals surface area contributed by atoms with E-state index < -0.39 is 0 Å². The van der Waals surface area contributed by atoms with E-state index in [1.807, 2.05) is 0 Å². The molecule has 0 bridgehead atoms. The predicted octanol–water partition coefficient (Wildman–Crippen LogP) is 1.46. The molecule has 9 heteroatoms. The van der Waals surface area contributed by atoms with Gasteiger partial charge in [0.1, 0.15) is 0 Å². The van der Waals surface area contributed by atoms with Crippen LogP contribution in [0.4, 0.5) is 0 Å². The molecule has 98 valence electrons. The minimum Gasteiger partial charge on any atom is -0.459 e. The SMILES string of the molecule is NCc1nnc(SCc2nnc(-c3ccco3)o2)o1. The lowest BCUT2D eigenvalue weighted by molar-refractivity contribution is 0.414. The number of rotatable bonds is 5. The van der Waals surface area contributed by atoms with E-state index in [0.29, 0.717) is 34.4 Å². The number of hydrogen-bond donors (Lipinski definition) is 1. The van der Waals surface area contributed by atoms with Crippen molar-refractivity contribution in [2.24, 2.45) is 5.73 Å². The van der Waals surface area contributed by atoms with E-state index in [4.69, 9.17) is 19.0 Å². The van der Waals surface area contributed by atoms with Crippen molar-refractivity contribution in [2.45, 2.75) is 17.5 Å². The number of furan rings is 1. The second-order valence-corrected chi connectivity index (χ2v) is 4.36. The molecule has 3 heterocycles. The highest BCUT2D eigenvalue weighted by molar-refractivity contribution is 7.98. The van der Waals surface area contributed by atoms with Crippen LogP contribution in [0.25, 0.3) is 11.7 Å². The third-order valence-corrected chi connectivity index (χ3v) is 2.94. The molecule has 0 aliphatic rings. The van der Waals surface area contributed by atoms with Gasteiger partial charge in [-0.2, -0.15) is 0 Å². The Balaban J connectivity index is 1.64. The Labute approximate surface area is 111 Å².